The molecule has 0 aliphatic rings. The van der Waals surface area contributed by atoms with E-state index in [1.54, 1.807) is 142 Å². The van der Waals surface area contributed by atoms with Crippen LogP contribution in [0, 0.1) is 27.7 Å². The van der Waals surface area contributed by atoms with Crippen molar-refractivity contribution in [3.63, 3.8) is 0 Å². The van der Waals surface area contributed by atoms with Gasteiger partial charge in [0.05, 0.1) is 85.0 Å². The second kappa shape index (κ2) is 37.9. The van der Waals surface area contributed by atoms with E-state index in [0.717, 1.165) is 56.7 Å². The number of ether oxygens (including phenoxy) is 1. The summed E-state index contributed by atoms with van der Waals surface area (Å²) in [4.78, 5) is 34.9. The molecule has 0 spiro atoms. The summed E-state index contributed by atoms with van der Waals surface area (Å²) < 4.78 is 28.2. The van der Waals surface area contributed by atoms with Gasteiger partial charge in [-0.1, -0.05) is 188 Å². The molecule has 12 aromatic rings. The van der Waals surface area contributed by atoms with E-state index in [4.69, 9.17) is 152 Å². The average Bonchev–Trinajstić information content (AvgIpc) is 1.66. The molecule has 100 heavy (non-hydrogen) atoms. The molecular formula is C69H52AlCl12LiMnN8O8. The number of esters is 1. The van der Waals surface area contributed by atoms with Crippen LogP contribution >= 0.6 is 139 Å². The normalized spacial score (nSPS) is 10.4. The Morgan fingerprint density at radius 2 is 0.690 bits per heavy atom. The number of aldehydes is 1. The number of benzene rings is 8. The Hall–Kier alpha value is -6.10. The molecule has 8 aromatic carbocycles. The molecule has 0 saturated heterocycles. The van der Waals surface area contributed by atoms with Crippen molar-refractivity contribution in [2.75, 3.05) is 7.11 Å². The molecule has 0 atom stereocenters. The van der Waals surface area contributed by atoms with Crippen LogP contribution in [0.1, 0.15) is 60.8 Å². The Kier molecular flexibility index (Phi) is 31.4. The maximum absolute atomic E-state index is 12.1. The van der Waals surface area contributed by atoms with E-state index < -0.39 is 26.8 Å². The number of halogens is 12. The van der Waals surface area contributed by atoms with E-state index in [2.05, 4.69) is 20.4 Å². The first-order valence-corrected chi connectivity index (χ1v) is 33.7. The molecule has 31 heteroatoms. The fraction of sp³-hybridized carbons (Fsp3) is 0.0870. The summed E-state index contributed by atoms with van der Waals surface area (Å²) in [6.07, 6.45) is 0.731. The van der Waals surface area contributed by atoms with Crippen LogP contribution in [-0.4, -0.2) is 92.0 Å². The number of rotatable bonds is 12. The quantitative estimate of drug-likeness (QED) is 0.0666. The molecule has 16 nitrogen and oxygen atoms in total. The third kappa shape index (κ3) is 19.8. The van der Waals surface area contributed by atoms with Crippen LogP contribution in [0.2, 0.25) is 60.3 Å². The van der Waals surface area contributed by atoms with Gasteiger partial charge in [0, 0.05) is 84.7 Å². The van der Waals surface area contributed by atoms with Gasteiger partial charge < -0.3 is 16.4 Å². The average molecular weight is 1640 g/mol. The molecule has 0 aliphatic carbocycles. The molecule has 2 N–H and O–H groups in total. The minimum atomic E-state index is -1.44. The van der Waals surface area contributed by atoms with Crippen molar-refractivity contribution in [2.24, 2.45) is 0 Å². The topological polar surface area (TPSA) is 206 Å². The Morgan fingerprint density at radius 3 is 0.970 bits per heavy atom. The maximum atomic E-state index is 12.1. The predicted octanol–water partition coefficient (Wildman–Crippen LogP) is 17.7. The number of nitrogens with zero attached hydrogens (tertiary/aromatic N) is 8. The number of hydrogen-bond donors (Lipinski definition) is 2. The molecule has 0 aliphatic heterocycles. The van der Waals surface area contributed by atoms with Crippen molar-refractivity contribution in [1.82, 2.24) is 39.1 Å². The summed E-state index contributed by atoms with van der Waals surface area (Å²) >= 11 is 71.5. The first-order valence-electron chi connectivity index (χ1n) is 28.2. The second-order valence-corrected chi connectivity index (χ2v) is 25.9. The second-order valence-electron chi connectivity index (χ2n) is 20.6. The molecule has 0 bridgehead atoms. The van der Waals surface area contributed by atoms with Gasteiger partial charge in [0.15, 0.2) is 35.0 Å². The van der Waals surface area contributed by atoms with Crippen LogP contribution < -0.4 is 18.9 Å². The number of carbonyl (C=O) groups is 3. The van der Waals surface area contributed by atoms with Crippen LogP contribution in [0.5, 0.6) is 0 Å². The minimum absolute atomic E-state index is 0. The molecule has 4 heterocycles. The Balaban J connectivity index is 0.000000237. The van der Waals surface area contributed by atoms with Gasteiger partial charge in [-0.3, -0.25) is 4.79 Å². The van der Waals surface area contributed by atoms with Crippen molar-refractivity contribution >= 4 is 175 Å². The van der Waals surface area contributed by atoms with Gasteiger partial charge in [-0.05, 0) is 149 Å². The van der Waals surface area contributed by atoms with Crippen LogP contribution in [0.4, 0.5) is 0 Å². The van der Waals surface area contributed by atoms with E-state index >= 15 is 0 Å². The number of carboxylic acids is 1. The van der Waals surface area contributed by atoms with Gasteiger partial charge in [0.1, 0.15) is 5.69 Å². The van der Waals surface area contributed by atoms with Gasteiger partial charge in [-0.25, -0.2) is 28.3 Å². The molecule has 0 radical (unpaired) electrons. The van der Waals surface area contributed by atoms with E-state index in [0.29, 0.717) is 111 Å². The summed E-state index contributed by atoms with van der Waals surface area (Å²) in [5.74, 6) is -1.62. The molecule has 0 saturated carbocycles. The summed E-state index contributed by atoms with van der Waals surface area (Å²) in [6.45, 7) is 7.14. The monoisotopic (exact) mass is 1630 g/mol. The van der Waals surface area contributed by atoms with Crippen LogP contribution in [-0.2, 0) is 33.8 Å². The predicted molar refractivity (Wildman–Crippen MR) is 397 cm³/mol. The Labute approximate surface area is 663 Å². The summed E-state index contributed by atoms with van der Waals surface area (Å²) in [7, 11) is 1.32. The van der Waals surface area contributed by atoms with Crippen molar-refractivity contribution < 1.29 is 72.1 Å². The van der Waals surface area contributed by atoms with E-state index in [-0.39, 0.29) is 55.6 Å². The number of carboxylic acid groups (broad SMARTS) is 1. The zero-order valence-corrected chi connectivity index (χ0v) is 62.5. The number of hydrogen-bond acceptors (Lipinski definition) is 11. The third-order valence-corrected chi connectivity index (χ3v) is 17.6. The first-order chi connectivity index (χ1) is 46.7. The summed E-state index contributed by atoms with van der Waals surface area (Å²) in [5.41, 5.74) is 13.0. The molecule has 511 valence electrons. The van der Waals surface area contributed by atoms with E-state index in [1.165, 1.54) is 11.8 Å². The number of aromatic carboxylic acids is 1. The zero-order valence-electron chi connectivity index (χ0n) is 53.3. The SMILES string of the molecule is COC(=O)c1nn(-c2ccc(Cl)cc2Cl)c(-c2ccc(Cl)cc2)c1C.Cc1c(C(=O)O)nn(-c2ccc(Cl)cc2Cl)c1-c1ccc(Cl)cc1.Cc1c(C=O)nn(-c2ccc(Cl)cc2Cl)c1-c1ccc(Cl)cc1.Cc1c(CO)nn(-c2ccc(Cl)cc2Cl)c1-c1ccc(Cl)cc1.[AlH3].[H-].[Li+].[O]=[Mn]=[O]. The van der Waals surface area contributed by atoms with Crippen LogP contribution in [0.25, 0.3) is 67.8 Å². The number of aromatic nitrogens is 8. The molecule has 0 amide bonds. The van der Waals surface area contributed by atoms with Gasteiger partial charge in [-0.2, -0.15) is 20.4 Å². The Morgan fingerprint density at radius 1 is 0.430 bits per heavy atom. The van der Waals surface area contributed by atoms with Gasteiger partial charge >= 0.3 is 53.3 Å². The van der Waals surface area contributed by atoms with Gasteiger partial charge in [0.25, 0.3) is 0 Å². The molecular weight excluding hydrogens is 1580 g/mol. The number of aliphatic hydroxyl groups excluding tert-OH is 1. The Bertz CT molecular complexity index is 4990. The standard InChI is InChI=1S/C18H13Cl3N2O2.C17H11Cl3N2O2.C17H13Cl3N2O.C17H11Cl3N2O.Al.Li.Mn.2O.4H/c1-10-16(18(24)25-2)22-23(15-8-7-13(20)9-14(15)21)17(10)11-3-5-12(19)6-4-11;1-9-15(17(23)24)21-22(14-7-6-12(19)8-13(14)20)16(9)10-2-4-11(18)5-3-10;2*1-10-15(9-23)21-22(16-7-6-13(19)8-14(16)20)17(10)11-2-4-12(18)5-3-11;;;;;;;;;/h3-9H,1-2H3;2-8H,1H3,(H,23,24);2-8,23H,9H2,1H3;2-9H,1H3;;;;;;;;;/q;;;;;+1;;;;;;;-1. The van der Waals surface area contributed by atoms with Crippen molar-refractivity contribution in [1.29, 1.82) is 0 Å². The van der Waals surface area contributed by atoms with Crippen molar-refractivity contribution in [2.45, 2.75) is 34.3 Å². The van der Waals surface area contributed by atoms with Crippen LogP contribution in [0.15, 0.2) is 170 Å². The van der Waals surface area contributed by atoms with E-state index in [1.807, 2.05) is 69.3 Å². The van der Waals surface area contributed by atoms with Gasteiger partial charge in [0.2, 0.25) is 0 Å². The third-order valence-electron chi connectivity index (χ3n) is 14.5. The first kappa shape index (κ1) is 82.9. The fourth-order valence-electron chi connectivity index (χ4n) is 9.90. The van der Waals surface area contributed by atoms with Crippen molar-refractivity contribution in [3.8, 4) is 67.8 Å². The van der Waals surface area contributed by atoms with Crippen molar-refractivity contribution in [3.05, 3.63) is 275 Å². The number of methoxy groups -OCH3 is 1. The fourth-order valence-corrected chi connectivity index (χ4v) is 12.4. The van der Waals surface area contributed by atoms with Crippen LogP contribution in [0.3, 0.4) is 0 Å². The molecule has 12 rings (SSSR count). The summed E-state index contributed by atoms with van der Waals surface area (Å²) in [5, 5.41) is 42.8. The van der Waals surface area contributed by atoms with E-state index in [9.17, 15) is 24.6 Å². The summed E-state index contributed by atoms with van der Waals surface area (Å²) in [6, 6.07) is 49.5. The number of carbonyl (C=O) groups excluding carboxylic acids is 2. The number of aliphatic hydroxyl groups is 1. The molecule has 0 fully saturated rings. The molecule has 4 aromatic heterocycles. The van der Waals surface area contributed by atoms with Gasteiger partial charge in [-0.15, -0.1) is 0 Å². The molecule has 0 unspecified atom stereocenters. The zero-order chi connectivity index (χ0) is 71.4.